The number of anilines is 1. The van der Waals surface area contributed by atoms with Crippen LogP contribution in [0.15, 0.2) is 47.5 Å². The first-order chi connectivity index (χ1) is 12.5. The molecule has 2 heterocycles. The van der Waals surface area contributed by atoms with E-state index in [2.05, 4.69) is 44.3 Å². The average molecular weight is 383 g/mol. The Balaban J connectivity index is 1.87. The molecular formula is C21H22N2OS2. The van der Waals surface area contributed by atoms with Crippen molar-refractivity contribution in [3.8, 4) is 16.9 Å². The predicted octanol–water partition coefficient (Wildman–Crippen LogP) is 6.08. The first-order valence-corrected chi connectivity index (χ1v) is 10.9. The Bertz CT molecular complexity index is 1010. The van der Waals surface area contributed by atoms with Crippen molar-refractivity contribution in [3.05, 3.63) is 57.6 Å². The Morgan fingerprint density at radius 1 is 1.08 bits per heavy atom. The van der Waals surface area contributed by atoms with Crippen LogP contribution >= 0.6 is 20.7 Å². The van der Waals surface area contributed by atoms with Gasteiger partial charge in [0.1, 0.15) is 10.4 Å². The third-order valence-corrected chi connectivity index (χ3v) is 7.12. The molecule has 1 aliphatic heterocycles. The molecule has 3 aromatic rings. The van der Waals surface area contributed by atoms with Crippen LogP contribution < -0.4 is 14.7 Å². The Hall–Kier alpha value is -2.11. The molecule has 2 aromatic carbocycles. The molecule has 0 atom stereocenters. The van der Waals surface area contributed by atoms with Crippen LogP contribution in [-0.4, -0.2) is 6.61 Å². The standard InChI is InChI=1S/C21H22N2OS2/c1-5-24-15-9-7-14(8-10-15)22-20-18-16-12-13(2)6-11-17(16)23-21(3,4)19(18)25-26-20/h6-12,23H,5H2,1-4H3. The monoisotopic (exact) mass is 382 g/mol. The number of benzene rings is 2. The molecule has 0 saturated carbocycles. The van der Waals surface area contributed by atoms with Gasteiger partial charge in [0.05, 0.1) is 22.7 Å². The molecule has 3 nitrogen and oxygen atoms in total. The molecule has 0 aliphatic carbocycles. The van der Waals surface area contributed by atoms with Gasteiger partial charge in [0.15, 0.2) is 0 Å². The summed E-state index contributed by atoms with van der Waals surface area (Å²) in [6, 6.07) is 14.6. The van der Waals surface area contributed by atoms with Gasteiger partial charge in [0.25, 0.3) is 0 Å². The Kier molecular flexibility index (Phi) is 4.37. The van der Waals surface area contributed by atoms with Gasteiger partial charge in [-0.25, -0.2) is 4.99 Å². The van der Waals surface area contributed by atoms with E-state index in [1.54, 1.807) is 10.3 Å². The lowest BCUT2D eigenvalue weighted by molar-refractivity contribution is 0.340. The molecule has 1 N–H and O–H groups in total. The molecule has 0 radical (unpaired) electrons. The van der Waals surface area contributed by atoms with Crippen LogP contribution in [0, 0.1) is 6.92 Å². The fraction of sp³-hybridized carbons (Fsp3) is 0.286. The van der Waals surface area contributed by atoms with Gasteiger partial charge in [-0.2, -0.15) is 0 Å². The van der Waals surface area contributed by atoms with Crippen molar-refractivity contribution in [1.82, 2.24) is 0 Å². The van der Waals surface area contributed by atoms with Crippen LogP contribution in [-0.2, 0) is 5.54 Å². The van der Waals surface area contributed by atoms with Crippen molar-refractivity contribution in [2.45, 2.75) is 33.2 Å². The first-order valence-electron chi connectivity index (χ1n) is 8.78. The van der Waals surface area contributed by atoms with Gasteiger partial charge in [-0.15, -0.1) is 0 Å². The van der Waals surface area contributed by atoms with E-state index in [-0.39, 0.29) is 5.54 Å². The van der Waals surface area contributed by atoms with E-state index < -0.39 is 0 Å². The van der Waals surface area contributed by atoms with Crippen molar-refractivity contribution in [3.63, 3.8) is 0 Å². The number of nitrogens with zero attached hydrogens (tertiary/aromatic N) is 1. The molecule has 26 heavy (non-hydrogen) atoms. The quantitative estimate of drug-likeness (QED) is 0.557. The van der Waals surface area contributed by atoms with Crippen molar-refractivity contribution in [2.24, 2.45) is 4.99 Å². The topological polar surface area (TPSA) is 33.6 Å². The molecule has 4 rings (SSSR count). The number of aryl methyl sites for hydroxylation is 1. The predicted molar refractivity (Wildman–Crippen MR) is 112 cm³/mol. The second kappa shape index (κ2) is 6.56. The maximum Gasteiger partial charge on any atom is 0.135 e. The molecule has 134 valence electrons. The number of hydrogen-bond donors (Lipinski definition) is 1. The lowest BCUT2D eigenvalue weighted by Crippen LogP contribution is -2.31. The van der Waals surface area contributed by atoms with Crippen LogP contribution in [0.25, 0.3) is 11.1 Å². The van der Waals surface area contributed by atoms with Crippen molar-refractivity contribution in [2.75, 3.05) is 11.9 Å². The summed E-state index contributed by atoms with van der Waals surface area (Å²) in [6.45, 7) is 9.28. The highest BCUT2D eigenvalue weighted by atomic mass is 32.9. The van der Waals surface area contributed by atoms with Crippen molar-refractivity contribution in [1.29, 1.82) is 0 Å². The molecule has 0 unspecified atom stereocenters. The van der Waals surface area contributed by atoms with E-state index in [4.69, 9.17) is 9.73 Å². The van der Waals surface area contributed by atoms with Crippen LogP contribution in [0.5, 0.6) is 5.75 Å². The Morgan fingerprint density at radius 2 is 1.85 bits per heavy atom. The van der Waals surface area contributed by atoms with E-state index in [1.165, 1.54) is 27.3 Å². The molecular weight excluding hydrogens is 360 g/mol. The van der Waals surface area contributed by atoms with Gasteiger partial charge in [0.2, 0.25) is 0 Å². The van der Waals surface area contributed by atoms with Gasteiger partial charge in [-0.1, -0.05) is 32.3 Å². The average Bonchev–Trinajstić information content (AvgIpc) is 3.03. The molecule has 1 aromatic heterocycles. The summed E-state index contributed by atoms with van der Waals surface area (Å²) in [6.07, 6.45) is 0. The van der Waals surface area contributed by atoms with Crippen LogP contribution in [0.2, 0.25) is 0 Å². The molecule has 5 heteroatoms. The lowest BCUT2D eigenvalue weighted by Gasteiger charge is -2.33. The highest BCUT2D eigenvalue weighted by Gasteiger charge is 2.33. The molecule has 0 amide bonds. The van der Waals surface area contributed by atoms with E-state index in [1.807, 2.05) is 41.5 Å². The smallest absolute Gasteiger partial charge is 0.135 e. The summed E-state index contributed by atoms with van der Waals surface area (Å²) in [5, 5.41) is 3.68. The van der Waals surface area contributed by atoms with Gasteiger partial charge >= 0.3 is 0 Å². The van der Waals surface area contributed by atoms with Crippen LogP contribution in [0.1, 0.15) is 31.2 Å². The van der Waals surface area contributed by atoms with Crippen LogP contribution in [0.4, 0.5) is 11.4 Å². The zero-order valence-electron chi connectivity index (χ0n) is 15.4. The van der Waals surface area contributed by atoms with E-state index in [0.29, 0.717) is 6.61 Å². The highest BCUT2D eigenvalue weighted by molar-refractivity contribution is 7.68. The largest absolute Gasteiger partial charge is 0.494 e. The summed E-state index contributed by atoms with van der Waals surface area (Å²) in [5.41, 5.74) is 5.83. The molecule has 0 fully saturated rings. The fourth-order valence-corrected chi connectivity index (χ4v) is 6.20. The molecule has 0 bridgehead atoms. The lowest BCUT2D eigenvalue weighted by atomic mass is 9.89. The second-order valence-corrected chi connectivity index (χ2v) is 9.14. The number of nitrogens with one attached hydrogen (secondary N) is 1. The van der Waals surface area contributed by atoms with E-state index in [0.717, 1.165) is 16.1 Å². The van der Waals surface area contributed by atoms with Crippen molar-refractivity contribution >= 4 is 32.1 Å². The second-order valence-electron chi connectivity index (χ2n) is 7.01. The summed E-state index contributed by atoms with van der Waals surface area (Å²) >= 11 is 0. The summed E-state index contributed by atoms with van der Waals surface area (Å²) in [7, 11) is 3.57. The minimum atomic E-state index is -0.0919. The molecule has 1 aliphatic rings. The molecule has 0 spiro atoms. The minimum Gasteiger partial charge on any atom is -0.494 e. The highest BCUT2D eigenvalue weighted by Crippen LogP contribution is 2.45. The maximum atomic E-state index is 5.53. The van der Waals surface area contributed by atoms with Gasteiger partial charge in [-0.3, -0.25) is 0 Å². The van der Waals surface area contributed by atoms with Gasteiger partial charge in [-0.05, 0) is 64.1 Å². The summed E-state index contributed by atoms with van der Waals surface area (Å²) < 4.78 is 6.61. The Morgan fingerprint density at radius 3 is 2.58 bits per heavy atom. The third kappa shape index (κ3) is 3.06. The van der Waals surface area contributed by atoms with E-state index >= 15 is 0 Å². The zero-order chi connectivity index (χ0) is 18.3. The minimum absolute atomic E-state index is 0.0919. The van der Waals surface area contributed by atoms with E-state index in [9.17, 15) is 0 Å². The summed E-state index contributed by atoms with van der Waals surface area (Å²) in [4.78, 5) is 6.31. The number of ether oxygens (including phenoxy) is 1. The first kappa shape index (κ1) is 17.3. The maximum absolute atomic E-state index is 5.53. The van der Waals surface area contributed by atoms with Crippen LogP contribution in [0.3, 0.4) is 0 Å². The third-order valence-electron chi connectivity index (χ3n) is 4.48. The SMILES string of the molecule is CCOc1ccc(N=c2ssc3c2-c2cc(C)ccc2NC3(C)C)cc1. The summed E-state index contributed by atoms with van der Waals surface area (Å²) in [5.74, 6) is 0.883. The molecule has 0 saturated heterocycles. The number of hydrogen-bond acceptors (Lipinski definition) is 5. The number of fused-ring (bicyclic) bond motifs is 3. The normalized spacial score (nSPS) is 15.2. The van der Waals surface area contributed by atoms with Crippen molar-refractivity contribution < 1.29 is 4.74 Å². The zero-order valence-corrected chi connectivity index (χ0v) is 17.1. The Labute approximate surface area is 161 Å². The van der Waals surface area contributed by atoms with Gasteiger partial charge < -0.3 is 10.1 Å². The number of rotatable bonds is 3. The van der Waals surface area contributed by atoms with Gasteiger partial charge in [0, 0.05) is 16.8 Å². The fourth-order valence-electron chi connectivity index (χ4n) is 3.26.